The van der Waals surface area contributed by atoms with Crippen molar-refractivity contribution < 1.29 is 27.5 Å². The molecular weight excluding hydrogens is 448 g/mol. The average Bonchev–Trinajstić information content (AvgIpc) is 2.75. The molecule has 0 aromatic heterocycles. The van der Waals surface area contributed by atoms with E-state index in [1.54, 1.807) is 24.0 Å². The number of fused-ring (bicyclic) bond motifs is 1. The van der Waals surface area contributed by atoms with E-state index >= 15 is 0 Å². The molecule has 186 valence electrons. The fourth-order valence-electron chi connectivity index (χ4n) is 3.67. The van der Waals surface area contributed by atoms with Gasteiger partial charge in [-0.2, -0.15) is 0 Å². The number of amides is 3. The van der Waals surface area contributed by atoms with E-state index in [2.05, 4.69) is 10.0 Å². The Balaban J connectivity index is 2.45. The minimum Gasteiger partial charge on any atom is -0.491 e. The number of nitrogens with one attached hydrogen (secondary N) is 2. The number of carbonyl (C=O) groups excluding carboxylic acids is 2. The Morgan fingerprint density at radius 1 is 1.27 bits per heavy atom. The van der Waals surface area contributed by atoms with Crippen LogP contribution in [-0.4, -0.2) is 89.0 Å². The fourth-order valence-corrected chi connectivity index (χ4v) is 4.22. The number of nitrogens with zero attached hydrogens (tertiary/aromatic N) is 2. The number of hydrogen-bond donors (Lipinski definition) is 2. The highest BCUT2D eigenvalue weighted by Gasteiger charge is 2.30. The van der Waals surface area contributed by atoms with Crippen molar-refractivity contribution in [3.63, 3.8) is 0 Å². The van der Waals surface area contributed by atoms with Crippen molar-refractivity contribution in [1.29, 1.82) is 0 Å². The van der Waals surface area contributed by atoms with Crippen molar-refractivity contribution in [1.82, 2.24) is 15.1 Å². The van der Waals surface area contributed by atoms with Gasteiger partial charge in [0.25, 0.3) is 5.91 Å². The summed E-state index contributed by atoms with van der Waals surface area (Å²) in [5.74, 6) is -0.0694. The molecule has 3 atom stereocenters. The Kier molecular flexibility index (Phi) is 9.35. The third-order valence-electron chi connectivity index (χ3n) is 5.54. The first-order valence-corrected chi connectivity index (χ1v) is 12.9. The van der Waals surface area contributed by atoms with E-state index < -0.39 is 10.0 Å². The standard InChI is InChI=1S/C22H36N4O6S/c1-7-10-23-22(28)26-12-15(2)20(31-5)13-25(4)21(27)18-9-8-17(24-33(6,29)30)11-19(18)32-14-16(26)3/h8-9,11,15-16,20,24H,7,10,12-14H2,1-6H3,(H,23,28)/t15-,16-,20-/m0/s1. The van der Waals surface area contributed by atoms with Crippen LogP contribution < -0.4 is 14.8 Å². The summed E-state index contributed by atoms with van der Waals surface area (Å²) in [6, 6.07) is 4.04. The summed E-state index contributed by atoms with van der Waals surface area (Å²) < 4.78 is 37.4. The van der Waals surface area contributed by atoms with Crippen LogP contribution in [0.5, 0.6) is 5.75 Å². The highest BCUT2D eigenvalue weighted by Crippen LogP contribution is 2.27. The van der Waals surface area contributed by atoms with Crippen LogP contribution in [0.4, 0.5) is 10.5 Å². The highest BCUT2D eigenvalue weighted by molar-refractivity contribution is 7.92. The van der Waals surface area contributed by atoms with Crippen LogP contribution in [0.3, 0.4) is 0 Å². The van der Waals surface area contributed by atoms with Crippen molar-refractivity contribution in [3.8, 4) is 5.75 Å². The molecule has 1 aromatic rings. The summed E-state index contributed by atoms with van der Waals surface area (Å²) in [5.41, 5.74) is 0.584. The zero-order chi connectivity index (χ0) is 24.8. The number of hydrogen-bond acceptors (Lipinski definition) is 6. The molecule has 0 radical (unpaired) electrons. The smallest absolute Gasteiger partial charge is 0.317 e. The number of anilines is 1. The molecule has 10 nitrogen and oxygen atoms in total. The van der Waals surface area contributed by atoms with Gasteiger partial charge in [0.15, 0.2) is 0 Å². The molecule has 0 fully saturated rings. The van der Waals surface area contributed by atoms with E-state index in [4.69, 9.17) is 9.47 Å². The summed E-state index contributed by atoms with van der Waals surface area (Å²) in [6.45, 7) is 7.27. The van der Waals surface area contributed by atoms with Crippen LogP contribution >= 0.6 is 0 Å². The molecule has 33 heavy (non-hydrogen) atoms. The van der Waals surface area contributed by atoms with Crippen LogP contribution in [0.15, 0.2) is 18.2 Å². The lowest BCUT2D eigenvalue weighted by molar-refractivity contribution is 0.0166. The van der Waals surface area contributed by atoms with Gasteiger partial charge >= 0.3 is 6.03 Å². The van der Waals surface area contributed by atoms with Gasteiger partial charge in [0.1, 0.15) is 12.4 Å². The molecule has 0 spiro atoms. The van der Waals surface area contributed by atoms with Gasteiger partial charge in [0.2, 0.25) is 10.0 Å². The van der Waals surface area contributed by atoms with Gasteiger partial charge in [0, 0.05) is 45.8 Å². The van der Waals surface area contributed by atoms with Gasteiger partial charge in [-0.15, -0.1) is 0 Å². The number of methoxy groups -OCH3 is 1. The maximum Gasteiger partial charge on any atom is 0.317 e. The van der Waals surface area contributed by atoms with E-state index in [1.165, 1.54) is 18.2 Å². The number of urea groups is 1. The number of rotatable bonds is 5. The van der Waals surface area contributed by atoms with E-state index in [0.29, 0.717) is 25.2 Å². The summed E-state index contributed by atoms with van der Waals surface area (Å²) in [7, 11) is -0.235. The second-order valence-electron chi connectivity index (χ2n) is 8.57. The minimum absolute atomic E-state index is 0.0414. The molecule has 0 bridgehead atoms. The van der Waals surface area contributed by atoms with E-state index in [1.807, 2.05) is 20.8 Å². The van der Waals surface area contributed by atoms with Crippen molar-refractivity contribution in [2.75, 3.05) is 51.4 Å². The van der Waals surface area contributed by atoms with Gasteiger partial charge < -0.3 is 24.6 Å². The summed E-state index contributed by atoms with van der Waals surface area (Å²) >= 11 is 0. The van der Waals surface area contributed by atoms with Gasteiger partial charge in [-0.25, -0.2) is 13.2 Å². The molecule has 3 amide bonds. The molecular formula is C22H36N4O6S. The molecule has 0 unspecified atom stereocenters. The molecule has 1 heterocycles. The molecule has 0 saturated heterocycles. The van der Waals surface area contributed by atoms with E-state index in [9.17, 15) is 18.0 Å². The Morgan fingerprint density at radius 3 is 2.58 bits per heavy atom. The molecule has 11 heteroatoms. The zero-order valence-corrected chi connectivity index (χ0v) is 21.1. The first-order chi connectivity index (χ1) is 15.5. The lowest BCUT2D eigenvalue weighted by Crippen LogP contribution is -2.51. The molecule has 2 rings (SSSR count). The summed E-state index contributed by atoms with van der Waals surface area (Å²) in [6.07, 6.45) is 1.58. The summed E-state index contributed by atoms with van der Waals surface area (Å²) in [5, 5.41) is 2.92. The topological polar surface area (TPSA) is 117 Å². The molecule has 1 aliphatic heterocycles. The normalized spacial score (nSPS) is 22.5. The number of sulfonamides is 1. The van der Waals surface area contributed by atoms with Crippen molar-refractivity contribution in [2.45, 2.75) is 39.3 Å². The van der Waals surface area contributed by atoms with Crippen molar-refractivity contribution in [3.05, 3.63) is 23.8 Å². The van der Waals surface area contributed by atoms with Crippen molar-refractivity contribution in [2.24, 2.45) is 5.92 Å². The highest BCUT2D eigenvalue weighted by atomic mass is 32.2. The minimum atomic E-state index is -3.50. The second-order valence-corrected chi connectivity index (χ2v) is 10.3. The quantitative estimate of drug-likeness (QED) is 0.660. The predicted molar refractivity (Wildman–Crippen MR) is 127 cm³/mol. The van der Waals surface area contributed by atoms with Crippen LogP contribution in [0.1, 0.15) is 37.6 Å². The monoisotopic (exact) mass is 484 g/mol. The number of carbonyl (C=O) groups is 2. The van der Waals surface area contributed by atoms with Crippen LogP contribution in [0.25, 0.3) is 0 Å². The van der Waals surface area contributed by atoms with E-state index in [-0.39, 0.29) is 48.0 Å². The van der Waals surface area contributed by atoms with Gasteiger partial charge in [0.05, 0.1) is 29.7 Å². The third kappa shape index (κ3) is 7.50. The average molecular weight is 485 g/mol. The Labute approximate surface area is 196 Å². The number of likely N-dealkylation sites (N-methyl/N-ethyl adjacent to an activating group) is 1. The van der Waals surface area contributed by atoms with Crippen LogP contribution in [0.2, 0.25) is 0 Å². The van der Waals surface area contributed by atoms with Crippen LogP contribution in [-0.2, 0) is 14.8 Å². The maximum atomic E-state index is 13.2. The van der Waals surface area contributed by atoms with Crippen LogP contribution in [0, 0.1) is 5.92 Å². The zero-order valence-electron chi connectivity index (χ0n) is 20.3. The third-order valence-corrected chi connectivity index (χ3v) is 6.14. The van der Waals surface area contributed by atoms with Gasteiger partial charge in [-0.1, -0.05) is 13.8 Å². The first-order valence-electron chi connectivity index (χ1n) is 11.0. The van der Waals surface area contributed by atoms with Gasteiger partial charge in [-0.05, 0) is 25.5 Å². The lowest BCUT2D eigenvalue weighted by Gasteiger charge is -2.36. The number of benzene rings is 1. The number of ether oxygens (including phenoxy) is 2. The molecule has 1 aromatic carbocycles. The van der Waals surface area contributed by atoms with Crippen molar-refractivity contribution >= 4 is 27.6 Å². The second kappa shape index (κ2) is 11.6. The fraction of sp³-hybridized carbons (Fsp3) is 0.636. The maximum absolute atomic E-state index is 13.2. The SMILES string of the molecule is CCCNC(=O)N1C[C@H](C)[C@@H](OC)CN(C)C(=O)c2ccc(NS(C)(=O)=O)cc2OC[C@@H]1C. The Morgan fingerprint density at radius 2 is 1.97 bits per heavy atom. The predicted octanol–water partition coefficient (Wildman–Crippen LogP) is 1.98. The lowest BCUT2D eigenvalue weighted by atomic mass is 10.0. The van der Waals surface area contributed by atoms with E-state index in [0.717, 1.165) is 12.7 Å². The molecule has 0 aliphatic carbocycles. The molecule has 0 saturated carbocycles. The molecule has 2 N–H and O–H groups in total. The largest absolute Gasteiger partial charge is 0.491 e. The molecule has 1 aliphatic rings. The Hall–Kier alpha value is -2.53. The first kappa shape index (κ1) is 26.7. The summed E-state index contributed by atoms with van der Waals surface area (Å²) in [4.78, 5) is 29.3. The Bertz CT molecular complexity index is 939. The van der Waals surface area contributed by atoms with Gasteiger partial charge in [-0.3, -0.25) is 9.52 Å².